The normalized spacial score (nSPS) is 11.3. The lowest BCUT2D eigenvalue weighted by Gasteiger charge is -1.94. The lowest BCUT2D eigenvalue weighted by atomic mass is 10.1. The lowest BCUT2D eigenvalue weighted by molar-refractivity contribution is 0.503. The van der Waals surface area contributed by atoms with Gasteiger partial charge in [0.15, 0.2) is 11.2 Å². The zero-order valence-corrected chi connectivity index (χ0v) is 10.8. The maximum atomic E-state index is 11.7. The highest BCUT2D eigenvalue weighted by Crippen LogP contribution is 2.30. The molecule has 0 saturated heterocycles. The monoisotopic (exact) mass is 259 g/mol. The molecule has 0 fully saturated rings. The number of nitrogen functional groups attached to an aromatic ring is 1. The summed E-state index contributed by atoms with van der Waals surface area (Å²) in [7, 11) is 0. The second kappa shape index (κ2) is 3.71. The van der Waals surface area contributed by atoms with Gasteiger partial charge in [-0.2, -0.15) is 4.98 Å². The van der Waals surface area contributed by atoms with Crippen LogP contribution in [0.5, 0.6) is 0 Å². The first-order valence-corrected chi connectivity index (χ1v) is 5.80. The maximum Gasteiger partial charge on any atom is 0.278 e. The molecule has 3 heterocycles. The number of rotatable bonds is 1. The second-order valence-electron chi connectivity index (χ2n) is 4.45. The Morgan fingerprint density at radius 3 is 2.47 bits per heavy atom. The molecule has 0 saturated carbocycles. The fourth-order valence-corrected chi connectivity index (χ4v) is 2.18. The molecule has 7 nitrogen and oxygen atoms in total. The number of anilines is 1. The Morgan fingerprint density at radius 1 is 1.11 bits per heavy atom. The van der Waals surface area contributed by atoms with Crippen LogP contribution in [-0.4, -0.2) is 19.9 Å². The van der Waals surface area contributed by atoms with Gasteiger partial charge in [0.25, 0.3) is 5.56 Å². The van der Waals surface area contributed by atoms with Crippen molar-refractivity contribution in [3.63, 3.8) is 0 Å². The molecule has 0 unspecified atom stereocenters. The summed E-state index contributed by atoms with van der Waals surface area (Å²) in [4.78, 5) is 25.5. The first-order valence-electron chi connectivity index (χ1n) is 5.80. The number of H-pyrrole nitrogens is 2. The standard InChI is InChI=1S/C12H13N5O2/c1-4-5(2)19-6(3)7(4)9-14-8-10(15-9)16-12(13)17-11(8)18/h1-3H3,(H4,13,14,15,16,17,18). The fourth-order valence-electron chi connectivity index (χ4n) is 2.18. The molecule has 0 aliphatic heterocycles. The van der Waals surface area contributed by atoms with Crippen LogP contribution in [0.3, 0.4) is 0 Å². The molecule has 7 heteroatoms. The van der Waals surface area contributed by atoms with E-state index in [2.05, 4.69) is 19.9 Å². The summed E-state index contributed by atoms with van der Waals surface area (Å²) in [5.41, 5.74) is 7.61. The summed E-state index contributed by atoms with van der Waals surface area (Å²) in [6.07, 6.45) is 0. The summed E-state index contributed by atoms with van der Waals surface area (Å²) in [6, 6.07) is 0. The van der Waals surface area contributed by atoms with Crippen molar-refractivity contribution in [2.45, 2.75) is 20.8 Å². The van der Waals surface area contributed by atoms with Crippen molar-refractivity contribution >= 4 is 17.1 Å². The third-order valence-electron chi connectivity index (χ3n) is 3.18. The molecule has 0 aliphatic rings. The minimum atomic E-state index is -0.336. The summed E-state index contributed by atoms with van der Waals surface area (Å²) in [6.45, 7) is 5.69. The van der Waals surface area contributed by atoms with Crippen LogP contribution < -0.4 is 11.3 Å². The Balaban J connectivity index is 2.32. The number of nitrogens with one attached hydrogen (secondary N) is 2. The van der Waals surface area contributed by atoms with E-state index < -0.39 is 0 Å². The van der Waals surface area contributed by atoms with Crippen molar-refractivity contribution in [3.8, 4) is 11.4 Å². The molecule has 4 N–H and O–H groups in total. The zero-order chi connectivity index (χ0) is 13.7. The average molecular weight is 259 g/mol. The highest BCUT2D eigenvalue weighted by molar-refractivity contribution is 5.77. The van der Waals surface area contributed by atoms with Gasteiger partial charge in [-0.25, -0.2) is 4.98 Å². The van der Waals surface area contributed by atoms with Gasteiger partial charge < -0.3 is 15.1 Å². The van der Waals surface area contributed by atoms with E-state index in [-0.39, 0.29) is 11.5 Å². The van der Waals surface area contributed by atoms with Gasteiger partial charge in [0.1, 0.15) is 17.3 Å². The molecular weight excluding hydrogens is 246 g/mol. The smallest absolute Gasteiger partial charge is 0.278 e. The molecule has 19 heavy (non-hydrogen) atoms. The number of aryl methyl sites for hydroxylation is 2. The number of fused-ring (bicyclic) bond motifs is 1. The van der Waals surface area contributed by atoms with Crippen LogP contribution >= 0.6 is 0 Å². The molecule has 0 radical (unpaired) electrons. The predicted octanol–water partition coefficient (Wildman–Crippen LogP) is 1.41. The number of nitrogens with two attached hydrogens (primary N) is 1. The van der Waals surface area contributed by atoms with E-state index in [9.17, 15) is 4.79 Å². The summed E-state index contributed by atoms with van der Waals surface area (Å²) < 4.78 is 5.56. The average Bonchev–Trinajstić information content (AvgIpc) is 2.81. The van der Waals surface area contributed by atoms with Gasteiger partial charge in [0, 0.05) is 5.56 Å². The summed E-state index contributed by atoms with van der Waals surface area (Å²) >= 11 is 0. The number of hydrogen-bond donors (Lipinski definition) is 3. The number of furan rings is 1. The number of imidazole rings is 1. The molecule has 0 aromatic carbocycles. The first-order chi connectivity index (χ1) is 8.97. The van der Waals surface area contributed by atoms with Crippen LogP contribution in [-0.2, 0) is 0 Å². The second-order valence-corrected chi connectivity index (χ2v) is 4.45. The van der Waals surface area contributed by atoms with E-state index in [1.165, 1.54) is 0 Å². The Kier molecular flexibility index (Phi) is 2.25. The number of nitrogens with zero attached hydrogens (tertiary/aromatic N) is 2. The Morgan fingerprint density at radius 2 is 1.84 bits per heavy atom. The van der Waals surface area contributed by atoms with Crippen molar-refractivity contribution in [1.82, 2.24) is 19.9 Å². The fraction of sp³-hybridized carbons (Fsp3) is 0.250. The molecule has 0 spiro atoms. The van der Waals surface area contributed by atoms with Crippen LogP contribution in [0, 0.1) is 20.8 Å². The van der Waals surface area contributed by atoms with Crippen molar-refractivity contribution in [2.24, 2.45) is 0 Å². The predicted molar refractivity (Wildman–Crippen MR) is 70.8 cm³/mol. The van der Waals surface area contributed by atoms with Crippen LogP contribution in [0.15, 0.2) is 9.21 Å². The van der Waals surface area contributed by atoms with Crippen molar-refractivity contribution in [3.05, 3.63) is 27.4 Å². The van der Waals surface area contributed by atoms with E-state index in [1.807, 2.05) is 20.8 Å². The Labute approximate surface area is 107 Å². The molecule has 0 bridgehead atoms. The maximum absolute atomic E-state index is 11.7. The number of aromatic nitrogens is 4. The minimum absolute atomic E-state index is 0.0485. The van der Waals surface area contributed by atoms with Gasteiger partial charge >= 0.3 is 0 Å². The molecule has 3 aromatic heterocycles. The molecule has 0 aliphatic carbocycles. The molecule has 0 atom stereocenters. The van der Waals surface area contributed by atoms with Crippen LogP contribution in [0.4, 0.5) is 5.95 Å². The largest absolute Gasteiger partial charge is 0.466 e. The Bertz CT molecular complexity index is 840. The van der Waals surface area contributed by atoms with Gasteiger partial charge in [-0.15, -0.1) is 0 Å². The molecule has 98 valence electrons. The van der Waals surface area contributed by atoms with E-state index in [4.69, 9.17) is 10.2 Å². The third kappa shape index (κ3) is 1.62. The molecule has 0 amide bonds. The van der Waals surface area contributed by atoms with Gasteiger partial charge in [-0.05, 0) is 20.8 Å². The number of aromatic amines is 2. The van der Waals surface area contributed by atoms with Gasteiger partial charge in [-0.1, -0.05) is 0 Å². The highest BCUT2D eigenvalue weighted by Gasteiger charge is 2.18. The van der Waals surface area contributed by atoms with Crippen LogP contribution in [0.2, 0.25) is 0 Å². The van der Waals surface area contributed by atoms with E-state index in [1.54, 1.807) is 0 Å². The topological polar surface area (TPSA) is 114 Å². The van der Waals surface area contributed by atoms with Crippen LogP contribution in [0.25, 0.3) is 22.6 Å². The van der Waals surface area contributed by atoms with Crippen molar-refractivity contribution in [1.29, 1.82) is 0 Å². The van der Waals surface area contributed by atoms with Crippen molar-refractivity contribution in [2.75, 3.05) is 5.73 Å². The highest BCUT2D eigenvalue weighted by atomic mass is 16.3. The van der Waals surface area contributed by atoms with E-state index in [0.717, 1.165) is 22.6 Å². The van der Waals surface area contributed by atoms with Gasteiger partial charge in [0.05, 0.1) is 5.56 Å². The van der Waals surface area contributed by atoms with E-state index in [0.29, 0.717) is 17.0 Å². The molecule has 3 aromatic rings. The quantitative estimate of drug-likeness (QED) is 0.611. The SMILES string of the molecule is Cc1oc(C)c(-c2nc3nc(N)[nH]c(=O)c3[nH]2)c1C. The third-order valence-corrected chi connectivity index (χ3v) is 3.18. The van der Waals surface area contributed by atoms with Crippen LogP contribution in [0.1, 0.15) is 17.1 Å². The van der Waals surface area contributed by atoms with Crippen molar-refractivity contribution < 1.29 is 4.42 Å². The molecule has 3 rings (SSSR count). The first kappa shape index (κ1) is 11.5. The Hall–Kier alpha value is -2.57. The molecular formula is C12H13N5O2. The summed E-state index contributed by atoms with van der Waals surface area (Å²) in [5, 5.41) is 0. The van der Waals surface area contributed by atoms with E-state index >= 15 is 0 Å². The lowest BCUT2D eigenvalue weighted by Crippen LogP contribution is -2.10. The van der Waals surface area contributed by atoms with Gasteiger partial charge in [0.2, 0.25) is 5.95 Å². The minimum Gasteiger partial charge on any atom is -0.466 e. The summed E-state index contributed by atoms with van der Waals surface area (Å²) in [5.74, 6) is 2.19. The zero-order valence-electron chi connectivity index (χ0n) is 10.8. The number of hydrogen-bond acceptors (Lipinski definition) is 5. The van der Waals surface area contributed by atoms with Gasteiger partial charge in [-0.3, -0.25) is 9.78 Å².